The fraction of sp³-hybridized carbons (Fsp3) is 0. The van der Waals surface area contributed by atoms with Crippen molar-refractivity contribution in [2.75, 3.05) is 0 Å². The minimum atomic E-state index is -5.29. The van der Waals surface area contributed by atoms with Gasteiger partial charge in [0.1, 0.15) is 32.5 Å². The van der Waals surface area contributed by atoms with E-state index >= 15 is 0 Å². The molecular weight excluding hydrogens is 871 g/mol. The highest BCUT2D eigenvalue weighted by atomic mass is 32.2. The first-order chi connectivity index (χ1) is 27.3. The van der Waals surface area contributed by atoms with E-state index in [4.69, 9.17) is 10.5 Å². The van der Waals surface area contributed by atoms with Gasteiger partial charge in [-0.05, 0) is 41.8 Å². The molecule has 0 unspecified atom stereocenters. The Bertz CT molecular complexity index is 2900. The molecule has 0 atom stereocenters. The van der Waals surface area contributed by atoms with Gasteiger partial charge in [0.2, 0.25) is 11.6 Å². The molecule has 58 heavy (non-hydrogen) atoms. The minimum absolute atomic E-state index is 0.0959. The van der Waals surface area contributed by atoms with Crippen LogP contribution in [0.15, 0.2) is 108 Å². The van der Waals surface area contributed by atoms with Gasteiger partial charge in [0, 0.05) is 12.1 Å². The van der Waals surface area contributed by atoms with Crippen LogP contribution in [0.2, 0.25) is 0 Å². The van der Waals surface area contributed by atoms with Gasteiger partial charge in [-0.1, -0.05) is 10.1 Å². The van der Waals surface area contributed by atoms with Crippen LogP contribution in [0.5, 0.6) is 17.4 Å². The first-order valence-electron chi connectivity index (χ1n) is 14.4. The summed E-state index contributed by atoms with van der Waals surface area (Å²) in [7, 11) is -10.5. The average molecular weight is 888 g/mol. The van der Waals surface area contributed by atoms with Crippen LogP contribution in [-0.2, 0) is 39.0 Å². The third kappa shape index (κ3) is 9.62. The zero-order chi connectivity index (χ0) is 42.5. The molecule has 1 aromatic heterocycles. The van der Waals surface area contributed by atoms with Crippen molar-refractivity contribution in [1.29, 1.82) is 0 Å². The Kier molecular flexibility index (Phi) is 12.9. The van der Waals surface area contributed by atoms with Crippen LogP contribution < -0.4 is 11.2 Å². The van der Waals surface area contributed by atoms with E-state index in [1.807, 2.05) is 4.98 Å². The first kappa shape index (κ1) is 42.8. The van der Waals surface area contributed by atoms with Crippen molar-refractivity contribution < 1.29 is 75.4 Å². The average Bonchev–Trinajstić information content (AvgIpc) is 3.14. The summed E-state index contributed by atoms with van der Waals surface area (Å²) in [4.78, 5) is 34.5. The van der Waals surface area contributed by atoms with Crippen LogP contribution >= 0.6 is 24.1 Å². The summed E-state index contributed by atoms with van der Waals surface area (Å²) in [6, 6.07) is 7.05. The molecule has 1 heterocycles. The number of aromatic hydroxyl groups is 3. The molecule has 9 N–H and O–H groups in total. The molecule has 4 aromatic carbocycles. The number of azo groups is 3. The maximum atomic E-state index is 12.4. The number of fused-ring (bicyclic) bond motifs is 1. The Morgan fingerprint density at radius 3 is 1.88 bits per heavy atom. The molecule has 0 amide bonds. The third-order valence-electron chi connectivity index (χ3n) is 6.89. The van der Waals surface area contributed by atoms with Crippen LogP contribution in [0.4, 0.5) is 39.8 Å². The smallest absolute Gasteiger partial charge is 0.328 e. The molecule has 32 heteroatoms. The summed E-state index contributed by atoms with van der Waals surface area (Å²) < 4.78 is 78.2. The summed E-state index contributed by atoms with van der Waals surface area (Å²) >= 11 is 0.287. The van der Waals surface area contributed by atoms with Crippen LogP contribution in [0, 0.1) is 10.1 Å². The summed E-state index contributed by atoms with van der Waals surface area (Å²) in [5.41, 5.74) is -6.62. The predicted molar refractivity (Wildman–Crippen MR) is 190 cm³/mol. The number of nitrogens with zero attached hydrogens (tertiary/aromatic N) is 7. The standard InChI is InChI=1S/C26H17N9O19S4/c36-22-18-9(6-17(58(48,49)50)20(23(18)37)33-30-12-4-2-11(35(41)42)8-14(12)55-53-51-43)5-15(56-54-52-44)19(22)32-31-13-3-1-10(7-16(13)57(45,46)47)29-34-21-24(38)27-26(40)28-25(21)39/h1-8,36-37,43-44H,(H,45,46,47)(H,48,49,50)(H3,27,28,38,39,40). The third-order valence-corrected chi connectivity index (χ3v) is 9.90. The maximum Gasteiger partial charge on any atom is 0.328 e. The number of hydrogen-bond donors (Lipinski definition) is 9. The zero-order valence-electron chi connectivity index (χ0n) is 27.4. The largest absolute Gasteiger partial charge is 0.505 e. The van der Waals surface area contributed by atoms with E-state index in [0.29, 0.717) is 12.1 Å². The van der Waals surface area contributed by atoms with E-state index < -0.39 is 108 Å². The lowest BCUT2D eigenvalue weighted by Crippen LogP contribution is -2.20. The molecule has 0 bridgehead atoms. The van der Waals surface area contributed by atoms with Gasteiger partial charge >= 0.3 is 5.69 Å². The molecule has 0 saturated heterocycles. The van der Waals surface area contributed by atoms with E-state index in [-0.39, 0.29) is 40.4 Å². The number of phenolic OH excluding ortho intramolecular Hbond substituents is 2. The van der Waals surface area contributed by atoms with Gasteiger partial charge in [-0.15, -0.1) is 34.2 Å². The van der Waals surface area contributed by atoms with Crippen LogP contribution in [0.25, 0.3) is 10.8 Å². The van der Waals surface area contributed by atoms with Crippen molar-refractivity contribution in [3.63, 3.8) is 0 Å². The minimum Gasteiger partial charge on any atom is -0.505 e. The molecule has 28 nitrogen and oxygen atoms in total. The lowest BCUT2D eigenvalue weighted by atomic mass is 10.1. The van der Waals surface area contributed by atoms with Crippen molar-refractivity contribution >= 4 is 94.9 Å². The molecule has 0 saturated carbocycles. The van der Waals surface area contributed by atoms with E-state index in [0.717, 1.165) is 36.4 Å². The number of non-ortho nitro benzene ring substituents is 1. The Morgan fingerprint density at radius 1 is 0.672 bits per heavy atom. The van der Waals surface area contributed by atoms with Crippen molar-refractivity contribution in [1.82, 2.24) is 9.97 Å². The van der Waals surface area contributed by atoms with Crippen LogP contribution in [0.1, 0.15) is 0 Å². The van der Waals surface area contributed by atoms with E-state index in [9.17, 15) is 61.0 Å². The second-order valence-corrected chi connectivity index (χ2v) is 14.7. The number of nitro groups is 1. The summed E-state index contributed by atoms with van der Waals surface area (Å²) in [6.45, 7) is 0. The maximum absolute atomic E-state index is 12.4. The monoisotopic (exact) mass is 887 g/mol. The second kappa shape index (κ2) is 17.5. The number of hydrogen-bond acceptors (Lipinski definition) is 25. The second-order valence-electron chi connectivity index (χ2n) is 10.4. The molecule has 5 rings (SSSR count). The van der Waals surface area contributed by atoms with Gasteiger partial charge in [0.25, 0.3) is 31.5 Å². The fourth-order valence-corrected chi connectivity index (χ4v) is 6.78. The summed E-state index contributed by atoms with van der Waals surface area (Å²) in [5.74, 6) is -3.26. The lowest BCUT2D eigenvalue weighted by molar-refractivity contribution is -0.432. The molecule has 0 aliphatic rings. The number of phenols is 2. The van der Waals surface area contributed by atoms with Gasteiger partial charge in [0.15, 0.2) is 11.5 Å². The van der Waals surface area contributed by atoms with Gasteiger partial charge in [-0.2, -0.15) is 21.9 Å². The molecular formula is C26H17N9O19S4. The highest BCUT2D eigenvalue weighted by molar-refractivity contribution is 7.95. The van der Waals surface area contributed by atoms with Crippen molar-refractivity contribution in [3.8, 4) is 17.4 Å². The number of nitro benzene ring substituents is 1. The molecule has 5 aromatic rings. The van der Waals surface area contributed by atoms with E-state index in [1.54, 1.807) is 4.98 Å². The Balaban J connectivity index is 1.67. The molecule has 0 spiro atoms. The van der Waals surface area contributed by atoms with Gasteiger partial charge < -0.3 is 15.3 Å². The number of rotatable bonds is 15. The molecule has 0 aliphatic carbocycles. The fourth-order valence-electron chi connectivity index (χ4n) is 4.51. The zero-order valence-corrected chi connectivity index (χ0v) is 30.7. The van der Waals surface area contributed by atoms with Crippen molar-refractivity contribution in [2.24, 2.45) is 30.7 Å². The SMILES string of the molecule is O=c1[nH]c(O)c(N=Nc2ccc(N=Nc3c(SOOO)cc4cc(S(=O)(=O)O)c(N=Nc5ccc([N+](=O)[O-])cc5SOOO)c(O)c4c3O)c(S(=O)(=O)O)c2)c(=O)[nH]1. The molecule has 0 radical (unpaired) electrons. The Morgan fingerprint density at radius 2 is 1.26 bits per heavy atom. The van der Waals surface area contributed by atoms with Gasteiger partial charge in [-0.25, -0.2) is 15.3 Å². The van der Waals surface area contributed by atoms with Crippen LogP contribution in [0.3, 0.4) is 0 Å². The summed E-state index contributed by atoms with van der Waals surface area (Å²) in [5, 5.41) is 88.9. The predicted octanol–water partition coefficient (Wildman–Crippen LogP) is 5.84. The molecule has 0 fully saturated rings. The van der Waals surface area contributed by atoms with Crippen molar-refractivity contribution in [2.45, 2.75) is 19.6 Å². The number of H-pyrrole nitrogens is 2. The normalized spacial score (nSPS) is 12.4. The highest BCUT2D eigenvalue weighted by Crippen LogP contribution is 2.51. The number of aromatic nitrogens is 2. The number of nitrogens with one attached hydrogen (secondary N) is 2. The Hall–Kier alpha value is -6.30. The van der Waals surface area contributed by atoms with Gasteiger partial charge in [-0.3, -0.25) is 34.0 Å². The number of benzene rings is 4. The quantitative estimate of drug-likeness (QED) is 0.0149. The Labute approximate surface area is 326 Å². The van der Waals surface area contributed by atoms with Gasteiger partial charge in [0.05, 0.1) is 49.9 Å². The molecule has 0 aliphatic heterocycles. The summed E-state index contributed by atoms with van der Waals surface area (Å²) in [6.07, 6.45) is 0. The molecule has 304 valence electrons. The van der Waals surface area contributed by atoms with E-state index in [1.165, 1.54) is 0 Å². The van der Waals surface area contributed by atoms with Crippen molar-refractivity contribution in [3.05, 3.63) is 79.5 Å². The van der Waals surface area contributed by atoms with Crippen LogP contribution in [-0.4, -0.2) is 66.7 Å². The van der Waals surface area contributed by atoms with E-state index in [2.05, 4.69) is 49.4 Å². The topological polar surface area (TPSA) is 430 Å². The number of aromatic amines is 2. The lowest BCUT2D eigenvalue weighted by Gasteiger charge is -2.13. The highest BCUT2D eigenvalue weighted by Gasteiger charge is 2.27. The first-order valence-corrected chi connectivity index (χ1v) is 18.7.